The molecule has 22 heavy (non-hydrogen) atoms. The molecule has 0 fully saturated rings. The lowest BCUT2D eigenvalue weighted by molar-refractivity contribution is -0.136. The van der Waals surface area contributed by atoms with Crippen LogP contribution in [-0.2, 0) is 4.79 Å². The molecule has 0 bridgehead atoms. The summed E-state index contributed by atoms with van der Waals surface area (Å²) in [6, 6.07) is 12.2. The van der Waals surface area contributed by atoms with Crippen molar-refractivity contribution in [1.82, 2.24) is 0 Å². The molecule has 0 heterocycles. The van der Waals surface area contributed by atoms with E-state index in [4.69, 9.17) is 21.1 Å². The number of methoxy groups -OCH3 is 2. The van der Waals surface area contributed by atoms with E-state index in [1.165, 1.54) is 26.0 Å². The van der Waals surface area contributed by atoms with Crippen molar-refractivity contribution in [3.05, 3.63) is 53.1 Å². The highest BCUT2D eigenvalue weighted by molar-refractivity contribution is 8.00. The SMILES string of the molecule is COc1ccc(C(Sc2ccc(Cl)cc2)C(=O)O)cc1OC. The molecule has 0 saturated carbocycles. The number of aliphatic carboxylic acids is 1. The van der Waals surface area contributed by atoms with Gasteiger partial charge in [0, 0.05) is 9.92 Å². The minimum Gasteiger partial charge on any atom is -0.493 e. The van der Waals surface area contributed by atoms with Crippen molar-refractivity contribution >= 4 is 29.3 Å². The second-order valence-corrected chi connectivity index (χ2v) is 6.02. The molecule has 2 aromatic rings. The van der Waals surface area contributed by atoms with E-state index in [-0.39, 0.29) is 0 Å². The fourth-order valence-electron chi connectivity index (χ4n) is 1.93. The average Bonchev–Trinajstić information content (AvgIpc) is 2.53. The zero-order valence-electron chi connectivity index (χ0n) is 12.1. The molecule has 0 aliphatic rings. The maximum atomic E-state index is 11.6. The minimum absolute atomic E-state index is 0.503. The first-order valence-corrected chi connectivity index (χ1v) is 7.68. The Hall–Kier alpha value is -1.85. The standard InChI is InChI=1S/C16H15ClO4S/c1-20-13-8-3-10(9-14(13)21-2)15(16(18)19)22-12-6-4-11(17)5-7-12/h3-9,15H,1-2H3,(H,18,19). The average molecular weight is 339 g/mol. The van der Waals surface area contributed by atoms with Crippen LogP contribution in [0, 0.1) is 0 Å². The van der Waals surface area contributed by atoms with E-state index >= 15 is 0 Å². The van der Waals surface area contributed by atoms with Gasteiger partial charge in [-0.3, -0.25) is 4.79 Å². The summed E-state index contributed by atoms with van der Waals surface area (Å²) in [5.41, 5.74) is 0.630. The fourth-order valence-corrected chi connectivity index (χ4v) is 3.00. The van der Waals surface area contributed by atoms with Crippen LogP contribution in [0.2, 0.25) is 5.02 Å². The first kappa shape index (κ1) is 16.5. The first-order chi connectivity index (χ1) is 10.5. The number of carboxylic acid groups (broad SMARTS) is 1. The molecule has 1 N–H and O–H groups in total. The maximum Gasteiger partial charge on any atom is 0.321 e. The van der Waals surface area contributed by atoms with Gasteiger partial charge >= 0.3 is 5.97 Å². The number of rotatable bonds is 6. The lowest BCUT2D eigenvalue weighted by Gasteiger charge is -2.15. The van der Waals surface area contributed by atoms with E-state index < -0.39 is 11.2 Å². The molecule has 1 unspecified atom stereocenters. The van der Waals surface area contributed by atoms with Crippen LogP contribution in [0.3, 0.4) is 0 Å². The Balaban J connectivity index is 2.31. The Morgan fingerprint density at radius 2 is 1.73 bits per heavy atom. The third-order valence-corrected chi connectivity index (χ3v) is 4.51. The summed E-state index contributed by atoms with van der Waals surface area (Å²) < 4.78 is 10.4. The molecule has 2 aromatic carbocycles. The van der Waals surface area contributed by atoms with Crippen molar-refractivity contribution in [3.63, 3.8) is 0 Å². The number of benzene rings is 2. The molecular weight excluding hydrogens is 324 g/mol. The predicted octanol–water partition coefficient (Wildman–Crippen LogP) is 4.28. The van der Waals surface area contributed by atoms with E-state index in [0.717, 1.165) is 4.90 Å². The summed E-state index contributed by atoms with van der Waals surface area (Å²) in [6.45, 7) is 0. The van der Waals surface area contributed by atoms with Crippen LogP contribution >= 0.6 is 23.4 Å². The molecule has 4 nitrogen and oxygen atoms in total. The van der Waals surface area contributed by atoms with E-state index in [2.05, 4.69) is 0 Å². The Bertz CT molecular complexity index is 658. The number of ether oxygens (including phenoxy) is 2. The number of thioether (sulfide) groups is 1. The zero-order chi connectivity index (χ0) is 16.1. The molecule has 116 valence electrons. The molecule has 0 aromatic heterocycles. The molecule has 6 heteroatoms. The number of carbonyl (C=O) groups is 1. The van der Waals surface area contributed by atoms with E-state index in [1.807, 2.05) is 0 Å². The predicted molar refractivity (Wildman–Crippen MR) is 87.2 cm³/mol. The Labute approximate surface area is 138 Å². The largest absolute Gasteiger partial charge is 0.493 e. The highest BCUT2D eigenvalue weighted by atomic mass is 35.5. The van der Waals surface area contributed by atoms with Crippen LogP contribution in [-0.4, -0.2) is 25.3 Å². The fraction of sp³-hybridized carbons (Fsp3) is 0.188. The van der Waals surface area contributed by atoms with Crippen LogP contribution in [0.4, 0.5) is 0 Å². The summed E-state index contributed by atoms with van der Waals surface area (Å²) >= 11 is 7.08. The van der Waals surface area contributed by atoms with E-state index in [9.17, 15) is 9.90 Å². The third kappa shape index (κ3) is 3.87. The van der Waals surface area contributed by atoms with Crippen LogP contribution < -0.4 is 9.47 Å². The summed E-state index contributed by atoms with van der Waals surface area (Å²) in [6.07, 6.45) is 0. The molecule has 0 amide bonds. The summed E-state index contributed by atoms with van der Waals surface area (Å²) in [5.74, 6) is 0.141. The van der Waals surface area contributed by atoms with Gasteiger partial charge in [-0.25, -0.2) is 0 Å². The summed E-state index contributed by atoms with van der Waals surface area (Å²) in [5, 5.41) is 9.38. The van der Waals surface area contributed by atoms with Crippen molar-refractivity contribution < 1.29 is 19.4 Å². The van der Waals surface area contributed by atoms with Gasteiger partial charge in [0.15, 0.2) is 11.5 Å². The van der Waals surface area contributed by atoms with Crippen molar-refractivity contribution in [2.75, 3.05) is 14.2 Å². The molecule has 1 atom stereocenters. The molecule has 0 aliphatic carbocycles. The first-order valence-electron chi connectivity index (χ1n) is 6.42. The molecular formula is C16H15ClO4S. The lowest BCUT2D eigenvalue weighted by Crippen LogP contribution is -2.08. The lowest BCUT2D eigenvalue weighted by atomic mass is 10.1. The highest BCUT2D eigenvalue weighted by Gasteiger charge is 2.22. The van der Waals surface area contributed by atoms with Gasteiger partial charge in [0.2, 0.25) is 0 Å². The topological polar surface area (TPSA) is 55.8 Å². The van der Waals surface area contributed by atoms with Crippen molar-refractivity contribution in [1.29, 1.82) is 0 Å². The van der Waals surface area contributed by atoms with Gasteiger partial charge in [-0.05, 0) is 42.0 Å². The van der Waals surface area contributed by atoms with Crippen LogP contribution in [0.5, 0.6) is 11.5 Å². The zero-order valence-corrected chi connectivity index (χ0v) is 13.6. The monoisotopic (exact) mass is 338 g/mol. The number of carboxylic acids is 1. The van der Waals surface area contributed by atoms with Gasteiger partial charge in [-0.1, -0.05) is 17.7 Å². The van der Waals surface area contributed by atoms with Crippen molar-refractivity contribution in [3.8, 4) is 11.5 Å². The van der Waals surface area contributed by atoms with Gasteiger partial charge in [0.1, 0.15) is 5.25 Å². The van der Waals surface area contributed by atoms with Crippen molar-refractivity contribution in [2.24, 2.45) is 0 Å². The van der Waals surface area contributed by atoms with Gasteiger partial charge in [0.05, 0.1) is 14.2 Å². The molecule has 0 saturated heterocycles. The molecule has 2 rings (SSSR count). The molecule has 0 aliphatic heterocycles. The van der Waals surface area contributed by atoms with E-state index in [1.54, 1.807) is 42.5 Å². The second kappa shape index (κ2) is 7.42. The second-order valence-electron chi connectivity index (χ2n) is 4.40. The summed E-state index contributed by atoms with van der Waals surface area (Å²) in [4.78, 5) is 12.4. The Morgan fingerprint density at radius 1 is 1.09 bits per heavy atom. The number of hydrogen-bond acceptors (Lipinski definition) is 4. The van der Waals surface area contributed by atoms with Crippen LogP contribution in [0.25, 0.3) is 0 Å². The normalized spacial score (nSPS) is 11.8. The van der Waals surface area contributed by atoms with Crippen LogP contribution in [0.1, 0.15) is 10.8 Å². The maximum absolute atomic E-state index is 11.6. The smallest absolute Gasteiger partial charge is 0.321 e. The summed E-state index contributed by atoms with van der Waals surface area (Å²) in [7, 11) is 3.05. The molecule has 0 spiro atoms. The number of halogens is 1. The van der Waals surface area contributed by atoms with E-state index in [0.29, 0.717) is 22.1 Å². The van der Waals surface area contributed by atoms with Gasteiger partial charge < -0.3 is 14.6 Å². The Kier molecular flexibility index (Phi) is 5.57. The van der Waals surface area contributed by atoms with Gasteiger partial charge in [0.25, 0.3) is 0 Å². The number of hydrogen-bond donors (Lipinski definition) is 1. The van der Waals surface area contributed by atoms with Gasteiger partial charge in [-0.15, -0.1) is 11.8 Å². The van der Waals surface area contributed by atoms with Crippen molar-refractivity contribution in [2.45, 2.75) is 10.1 Å². The third-order valence-electron chi connectivity index (χ3n) is 3.00. The highest BCUT2D eigenvalue weighted by Crippen LogP contribution is 2.39. The molecule has 0 radical (unpaired) electrons. The minimum atomic E-state index is -0.924. The Morgan fingerprint density at radius 3 is 2.27 bits per heavy atom. The quantitative estimate of drug-likeness (QED) is 0.797. The van der Waals surface area contributed by atoms with Gasteiger partial charge in [-0.2, -0.15) is 0 Å². The van der Waals surface area contributed by atoms with Crippen LogP contribution in [0.15, 0.2) is 47.4 Å².